The zero-order chi connectivity index (χ0) is 18.2. The molecule has 0 amide bonds. The minimum absolute atomic E-state index is 0.139. The van der Waals surface area contributed by atoms with Gasteiger partial charge in [0, 0.05) is 12.8 Å². The normalized spacial score (nSPS) is 27.4. The molecule has 2 unspecified atom stereocenters. The van der Waals surface area contributed by atoms with Crippen molar-refractivity contribution in [2.75, 3.05) is 18.5 Å². The number of ether oxygens (including phenoxy) is 1. The van der Waals surface area contributed by atoms with Crippen molar-refractivity contribution in [1.82, 2.24) is 15.1 Å². The largest absolute Gasteiger partial charge is 0.417 e. The minimum Gasteiger partial charge on any atom is -0.379 e. The summed E-state index contributed by atoms with van der Waals surface area (Å²) in [6.45, 7) is 4.45. The second-order valence-corrected chi connectivity index (χ2v) is 6.39. The van der Waals surface area contributed by atoms with Crippen LogP contribution in [0.15, 0.2) is 23.0 Å². The van der Waals surface area contributed by atoms with Crippen LogP contribution < -0.4 is 16.4 Å². The van der Waals surface area contributed by atoms with Gasteiger partial charge in [-0.25, -0.2) is 4.99 Å². The number of nitrogens with zero attached hydrogens (tertiary/aromatic N) is 3. The average Bonchev–Trinajstić information content (AvgIpc) is 2.87. The van der Waals surface area contributed by atoms with Crippen LogP contribution in [0.2, 0.25) is 0 Å². The van der Waals surface area contributed by atoms with E-state index in [9.17, 15) is 13.2 Å². The maximum Gasteiger partial charge on any atom is 0.417 e. The van der Waals surface area contributed by atoms with Crippen molar-refractivity contribution in [3.8, 4) is 0 Å². The predicted molar refractivity (Wildman–Crippen MR) is 87.0 cm³/mol. The monoisotopic (exact) mass is 358 g/mol. The van der Waals surface area contributed by atoms with Crippen molar-refractivity contribution in [1.29, 1.82) is 0 Å². The third kappa shape index (κ3) is 3.64. The Kier molecular flexibility index (Phi) is 4.50. The molecule has 4 N–H and O–H groups in total. The van der Waals surface area contributed by atoms with Gasteiger partial charge < -0.3 is 21.1 Å². The van der Waals surface area contributed by atoms with Crippen LogP contribution in [-0.2, 0) is 4.74 Å². The third-order valence-corrected chi connectivity index (χ3v) is 4.33. The summed E-state index contributed by atoms with van der Waals surface area (Å²) in [6, 6.07) is 0.155. The fraction of sp³-hybridized carbons (Fsp3) is 0.600. The smallest absolute Gasteiger partial charge is 0.379 e. The van der Waals surface area contributed by atoms with Crippen molar-refractivity contribution < 1.29 is 17.9 Å². The maximum absolute atomic E-state index is 13.0. The average molecular weight is 358 g/mol. The van der Waals surface area contributed by atoms with Crippen molar-refractivity contribution in [2.45, 2.75) is 44.6 Å². The highest BCUT2D eigenvalue weighted by Gasteiger charge is 2.45. The van der Waals surface area contributed by atoms with Crippen LogP contribution in [-0.4, -0.2) is 40.8 Å². The molecule has 10 heteroatoms. The Hall–Kier alpha value is -2.07. The number of hydrogen-bond acceptors (Lipinski definition) is 6. The number of aliphatic imine (C=N–C) groups is 1. The van der Waals surface area contributed by atoms with Crippen LogP contribution in [0.4, 0.5) is 18.9 Å². The Balaban J connectivity index is 1.76. The minimum atomic E-state index is -4.55. The zero-order valence-corrected chi connectivity index (χ0v) is 14.0. The first-order chi connectivity index (χ1) is 11.7. The Labute approximate surface area is 143 Å². The van der Waals surface area contributed by atoms with E-state index in [1.54, 1.807) is 6.20 Å². The SMILES string of the molecule is Cc1c(NC2=NC(C)(N)C(C(F)(F)F)=CN2)cnn1C1CCCOC1. The second-order valence-electron chi connectivity index (χ2n) is 6.39. The van der Waals surface area contributed by atoms with E-state index in [1.807, 2.05) is 11.6 Å². The summed E-state index contributed by atoms with van der Waals surface area (Å²) in [5.74, 6) is 0.139. The van der Waals surface area contributed by atoms with Crippen LogP contribution >= 0.6 is 0 Å². The summed E-state index contributed by atoms with van der Waals surface area (Å²) in [6.07, 6.45) is -0.153. The van der Waals surface area contributed by atoms with Gasteiger partial charge in [0.05, 0.1) is 35.8 Å². The lowest BCUT2D eigenvalue weighted by Crippen LogP contribution is -2.49. The Morgan fingerprint density at radius 3 is 2.84 bits per heavy atom. The van der Waals surface area contributed by atoms with Gasteiger partial charge >= 0.3 is 6.18 Å². The molecular weight excluding hydrogens is 337 g/mol. The van der Waals surface area contributed by atoms with Gasteiger partial charge in [-0.1, -0.05) is 0 Å². The zero-order valence-electron chi connectivity index (χ0n) is 14.0. The number of guanidine groups is 1. The molecule has 1 aromatic rings. The molecule has 3 heterocycles. The van der Waals surface area contributed by atoms with E-state index in [0.29, 0.717) is 12.3 Å². The molecule has 138 valence electrons. The molecule has 2 aliphatic heterocycles. The molecular formula is C15H21F3N6O. The van der Waals surface area contributed by atoms with Gasteiger partial charge in [-0.2, -0.15) is 18.3 Å². The molecule has 25 heavy (non-hydrogen) atoms. The molecule has 1 saturated heterocycles. The second kappa shape index (κ2) is 6.34. The Morgan fingerprint density at radius 1 is 1.48 bits per heavy atom. The Bertz CT molecular complexity index is 701. The van der Waals surface area contributed by atoms with E-state index >= 15 is 0 Å². The van der Waals surface area contributed by atoms with Crippen LogP contribution in [0.5, 0.6) is 0 Å². The summed E-state index contributed by atoms with van der Waals surface area (Å²) < 4.78 is 46.2. The first kappa shape index (κ1) is 17.7. The molecule has 2 atom stereocenters. The van der Waals surface area contributed by atoms with Gasteiger partial charge in [0.15, 0.2) is 0 Å². The fourth-order valence-corrected chi connectivity index (χ4v) is 3.00. The standard InChI is InChI=1S/C15H21F3N6O/c1-9-11(6-21-24(9)10-4-3-5-25-8-10)22-13-20-7-12(15(16,17)18)14(2,19)23-13/h6-7,10H,3-5,8,19H2,1-2H3,(H2,20,22,23). The highest BCUT2D eigenvalue weighted by molar-refractivity contribution is 5.95. The van der Waals surface area contributed by atoms with Crippen LogP contribution in [0.25, 0.3) is 0 Å². The van der Waals surface area contributed by atoms with Gasteiger partial charge in [0.2, 0.25) is 5.96 Å². The number of nitrogens with one attached hydrogen (secondary N) is 2. The van der Waals surface area contributed by atoms with Crippen LogP contribution in [0.3, 0.4) is 0 Å². The highest BCUT2D eigenvalue weighted by Crippen LogP contribution is 2.34. The maximum atomic E-state index is 13.0. The van der Waals surface area contributed by atoms with E-state index in [-0.39, 0.29) is 12.0 Å². The summed E-state index contributed by atoms with van der Waals surface area (Å²) in [5, 5.41) is 9.83. The molecule has 0 saturated carbocycles. The number of rotatable bonds is 2. The van der Waals surface area contributed by atoms with Crippen LogP contribution in [0, 0.1) is 6.92 Å². The molecule has 2 aliphatic rings. The molecule has 0 spiro atoms. The quantitative estimate of drug-likeness (QED) is 0.753. The molecule has 0 aliphatic carbocycles. The number of aromatic nitrogens is 2. The van der Waals surface area contributed by atoms with E-state index in [1.165, 1.54) is 6.92 Å². The van der Waals surface area contributed by atoms with E-state index in [4.69, 9.17) is 10.5 Å². The van der Waals surface area contributed by atoms with Crippen molar-refractivity contribution >= 4 is 11.6 Å². The summed E-state index contributed by atoms with van der Waals surface area (Å²) in [7, 11) is 0. The molecule has 0 radical (unpaired) electrons. The van der Waals surface area contributed by atoms with E-state index in [0.717, 1.165) is 31.3 Å². The molecule has 0 bridgehead atoms. The number of hydrogen-bond donors (Lipinski definition) is 3. The van der Waals surface area contributed by atoms with Gasteiger partial charge in [0.1, 0.15) is 5.66 Å². The van der Waals surface area contributed by atoms with E-state index in [2.05, 4.69) is 20.7 Å². The van der Waals surface area contributed by atoms with Crippen molar-refractivity contribution in [3.05, 3.63) is 23.7 Å². The van der Waals surface area contributed by atoms with Crippen molar-refractivity contribution in [2.24, 2.45) is 10.7 Å². The van der Waals surface area contributed by atoms with Gasteiger partial charge in [-0.15, -0.1) is 0 Å². The van der Waals surface area contributed by atoms with Gasteiger partial charge in [0.25, 0.3) is 0 Å². The van der Waals surface area contributed by atoms with E-state index < -0.39 is 17.4 Å². The Morgan fingerprint density at radius 2 is 2.24 bits per heavy atom. The summed E-state index contributed by atoms with van der Waals surface area (Å²) in [5.41, 5.74) is 4.42. The fourth-order valence-electron chi connectivity index (χ4n) is 3.00. The van der Waals surface area contributed by atoms with Crippen molar-refractivity contribution in [3.63, 3.8) is 0 Å². The number of halogens is 3. The van der Waals surface area contributed by atoms with Crippen LogP contribution in [0.1, 0.15) is 31.5 Å². The number of alkyl halides is 3. The lowest BCUT2D eigenvalue weighted by atomic mass is 10.0. The molecule has 1 fully saturated rings. The first-order valence-corrected chi connectivity index (χ1v) is 8.00. The van der Waals surface area contributed by atoms with Gasteiger partial charge in [-0.05, 0) is 26.7 Å². The molecule has 7 nitrogen and oxygen atoms in total. The lowest BCUT2D eigenvalue weighted by molar-refractivity contribution is -0.100. The van der Waals surface area contributed by atoms with Gasteiger partial charge in [-0.3, -0.25) is 4.68 Å². The molecule has 3 rings (SSSR count). The lowest BCUT2D eigenvalue weighted by Gasteiger charge is -2.30. The topological polar surface area (TPSA) is 89.5 Å². The predicted octanol–water partition coefficient (Wildman–Crippen LogP) is 2.04. The highest BCUT2D eigenvalue weighted by atomic mass is 19.4. The third-order valence-electron chi connectivity index (χ3n) is 4.33. The number of anilines is 1. The first-order valence-electron chi connectivity index (χ1n) is 8.00. The molecule has 0 aromatic carbocycles. The summed E-state index contributed by atoms with van der Waals surface area (Å²) in [4.78, 5) is 3.94. The summed E-state index contributed by atoms with van der Waals surface area (Å²) >= 11 is 0. The number of nitrogens with two attached hydrogens (primary N) is 1. The molecule has 1 aromatic heterocycles.